The van der Waals surface area contributed by atoms with Gasteiger partial charge in [-0.3, -0.25) is 14.9 Å². The van der Waals surface area contributed by atoms with Gasteiger partial charge in [-0.2, -0.15) is 0 Å². The third-order valence-electron chi connectivity index (χ3n) is 1.97. The number of ether oxygens (including phenoxy) is 1. The Balaban J connectivity index is 2.52. The maximum absolute atomic E-state index is 11.1. The van der Waals surface area contributed by atoms with E-state index in [1.807, 2.05) is 0 Å². The van der Waals surface area contributed by atoms with Crippen LogP contribution in [-0.4, -0.2) is 23.3 Å². The third kappa shape index (κ3) is 4.44. The van der Waals surface area contributed by atoms with Crippen molar-refractivity contribution in [2.45, 2.75) is 12.7 Å². The lowest BCUT2D eigenvalue weighted by molar-refractivity contribution is -0.385. The number of nitro groups is 1. The molecule has 92 valence electrons. The average molecular weight is 255 g/mol. The largest absolute Gasteiger partial charge is 0.465 e. The SMILES string of the molecule is CCOC(=O)CSCc1ccccc1[N+](=O)[O-]. The Labute approximate surface area is 103 Å². The highest BCUT2D eigenvalue weighted by Gasteiger charge is 2.12. The van der Waals surface area contributed by atoms with Crippen LogP contribution in [0.15, 0.2) is 24.3 Å². The number of carbonyl (C=O) groups is 1. The van der Waals surface area contributed by atoms with Gasteiger partial charge in [-0.05, 0) is 6.92 Å². The summed E-state index contributed by atoms with van der Waals surface area (Å²) in [6, 6.07) is 6.52. The highest BCUT2D eigenvalue weighted by atomic mass is 32.2. The minimum absolute atomic E-state index is 0.0869. The van der Waals surface area contributed by atoms with E-state index in [4.69, 9.17) is 4.74 Å². The smallest absolute Gasteiger partial charge is 0.315 e. The molecule has 0 saturated carbocycles. The summed E-state index contributed by atoms with van der Waals surface area (Å²) in [6.07, 6.45) is 0. The standard InChI is InChI=1S/C11H13NO4S/c1-2-16-11(13)8-17-7-9-5-3-4-6-10(9)12(14)15/h3-6H,2,7-8H2,1H3. The van der Waals surface area contributed by atoms with Crippen molar-refractivity contribution in [2.75, 3.05) is 12.4 Å². The molecule has 0 aliphatic heterocycles. The van der Waals surface area contributed by atoms with E-state index in [-0.39, 0.29) is 17.4 Å². The van der Waals surface area contributed by atoms with Gasteiger partial charge in [-0.1, -0.05) is 18.2 Å². The number of rotatable bonds is 6. The van der Waals surface area contributed by atoms with Gasteiger partial charge in [-0.15, -0.1) is 11.8 Å². The Morgan fingerprint density at radius 2 is 2.18 bits per heavy atom. The van der Waals surface area contributed by atoms with Crippen LogP contribution in [0.3, 0.4) is 0 Å². The van der Waals surface area contributed by atoms with Crippen molar-refractivity contribution in [2.24, 2.45) is 0 Å². The highest BCUT2D eigenvalue weighted by Crippen LogP contribution is 2.22. The van der Waals surface area contributed by atoms with E-state index in [2.05, 4.69) is 0 Å². The zero-order valence-electron chi connectivity index (χ0n) is 9.42. The normalized spacial score (nSPS) is 9.94. The summed E-state index contributed by atoms with van der Waals surface area (Å²) in [5, 5.41) is 10.7. The van der Waals surface area contributed by atoms with Crippen LogP contribution in [0.1, 0.15) is 12.5 Å². The molecule has 0 heterocycles. The van der Waals surface area contributed by atoms with Crippen LogP contribution >= 0.6 is 11.8 Å². The van der Waals surface area contributed by atoms with Crippen molar-refractivity contribution >= 4 is 23.4 Å². The second kappa shape index (κ2) is 6.90. The lowest BCUT2D eigenvalue weighted by Gasteiger charge is -2.03. The summed E-state index contributed by atoms with van der Waals surface area (Å²) in [5.74, 6) is 0.339. The topological polar surface area (TPSA) is 69.4 Å². The molecule has 0 saturated heterocycles. The minimum atomic E-state index is -0.416. The quantitative estimate of drug-likeness (QED) is 0.443. The van der Waals surface area contributed by atoms with Crippen molar-refractivity contribution in [3.8, 4) is 0 Å². The number of esters is 1. The number of hydrogen-bond acceptors (Lipinski definition) is 5. The Hall–Kier alpha value is -1.56. The van der Waals surface area contributed by atoms with Crippen molar-refractivity contribution in [3.05, 3.63) is 39.9 Å². The Kier molecular flexibility index (Phi) is 5.48. The maximum atomic E-state index is 11.1. The Bertz CT molecular complexity index is 408. The zero-order chi connectivity index (χ0) is 12.7. The number of hydrogen-bond donors (Lipinski definition) is 0. The fraction of sp³-hybridized carbons (Fsp3) is 0.364. The van der Waals surface area contributed by atoms with Crippen molar-refractivity contribution < 1.29 is 14.5 Å². The van der Waals surface area contributed by atoms with Crippen molar-refractivity contribution in [1.29, 1.82) is 0 Å². The lowest BCUT2D eigenvalue weighted by Crippen LogP contribution is -2.06. The summed E-state index contributed by atoms with van der Waals surface area (Å²) in [5.41, 5.74) is 0.704. The molecule has 0 amide bonds. The van der Waals surface area contributed by atoms with Gasteiger partial charge in [0.25, 0.3) is 5.69 Å². The first-order valence-electron chi connectivity index (χ1n) is 5.10. The van der Waals surface area contributed by atoms with Gasteiger partial charge in [-0.25, -0.2) is 0 Å². The molecule has 0 aromatic heterocycles. The summed E-state index contributed by atoms with van der Waals surface area (Å²) in [6.45, 7) is 2.09. The van der Waals surface area contributed by atoms with Crippen LogP contribution in [0.5, 0.6) is 0 Å². The second-order valence-electron chi connectivity index (χ2n) is 3.18. The molecule has 5 nitrogen and oxygen atoms in total. The molecule has 1 aromatic carbocycles. The van der Waals surface area contributed by atoms with Gasteiger partial charge >= 0.3 is 5.97 Å². The van der Waals surface area contributed by atoms with Gasteiger partial charge < -0.3 is 4.74 Å². The molecular formula is C11H13NO4S. The molecule has 6 heteroatoms. The molecular weight excluding hydrogens is 242 g/mol. The summed E-state index contributed by atoms with van der Waals surface area (Å²) in [7, 11) is 0. The predicted octanol–water partition coefficient (Wildman–Crippen LogP) is 2.39. The number of carbonyl (C=O) groups excluding carboxylic acids is 1. The average Bonchev–Trinajstić information content (AvgIpc) is 2.30. The van der Waals surface area contributed by atoms with E-state index in [0.29, 0.717) is 17.9 Å². The van der Waals surface area contributed by atoms with Crippen LogP contribution in [0.4, 0.5) is 5.69 Å². The third-order valence-corrected chi connectivity index (χ3v) is 2.93. The van der Waals surface area contributed by atoms with Crippen LogP contribution in [0.2, 0.25) is 0 Å². The first-order chi connectivity index (χ1) is 8.15. The molecule has 0 radical (unpaired) electrons. The van der Waals surface area contributed by atoms with Gasteiger partial charge in [0, 0.05) is 17.4 Å². The monoisotopic (exact) mass is 255 g/mol. The van der Waals surface area contributed by atoms with Crippen molar-refractivity contribution in [1.82, 2.24) is 0 Å². The number of para-hydroxylation sites is 1. The van der Waals surface area contributed by atoms with Crippen LogP contribution in [-0.2, 0) is 15.3 Å². The maximum Gasteiger partial charge on any atom is 0.315 e. The van der Waals surface area contributed by atoms with Crippen LogP contribution in [0, 0.1) is 10.1 Å². The fourth-order valence-electron chi connectivity index (χ4n) is 1.26. The van der Waals surface area contributed by atoms with E-state index >= 15 is 0 Å². The summed E-state index contributed by atoms with van der Waals surface area (Å²) >= 11 is 1.31. The van der Waals surface area contributed by atoms with Gasteiger partial charge in [0.15, 0.2) is 0 Å². The van der Waals surface area contributed by atoms with Gasteiger partial charge in [0.05, 0.1) is 17.3 Å². The van der Waals surface area contributed by atoms with E-state index in [1.54, 1.807) is 25.1 Å². The zero-order valence-corrected chi connectivity index (χ0v) is 10.2. The fourth-order valence-corrected chi connectivity index (χ4v) is 2.07. The number of nitrogens with zero attached hydrogens (tertiary/aromatic N) is 1. The molecule has 0 aliphatic carbocycles. The van der Waals surface area contributed by atoms with Crippen molar-refractivity contribution in [3.63, 3.8) is 0 Å². The molecule has 17 heavy (non-hydrogen) atoms. The van der Waals surface area contributed by atoms with Crippen LogP contribution < -0.4 is 0 Å². The van der Waals surface area contributed by atoms with E-state index in [0.717, 1.165) is 0 Å². The molecule has 0 aliphatic rings. The molecule has 0 fully saturated rings. The Morgan fingerprint density at radius 3 is 2.82 bits per heavy atom. The molecule has 0 spiro atoms. The summed E-state index contributed by atoms with van der Waals surface area (Å²) in [4.78, 5) is 21.4. The van der Waals surface area contributed by atoms with Gasteiger partial charge in [0.2, 0.25) is 0 Å². The van der Waals surface area contributed by atoms with E-state index in [1.165, 1.54) is 17.8 Å². The molecule has 0 unspecified atom stereocenters. The molecule has 0 N–H and O–H groups in total. The first-order valence-corrected chi connectivity index (χ1v) is 6.26. The number of nitro benzene ring substituents is 1. The minimum Gasteiger partial charge on any atom is -0.465 e. The molecule has 1 aromatic rings. The lowest BCUT2D eigenvalue weighted by atomic mass is 10.2. The first kappa shape index (κ1) is 13.5. The second-order valence-corrected chi connectivity index (χ2v) is 4.17. The van der Waals surface area contributed by atoms with Crippen LogP contribution in [0.25, 0.3) is 0 Å². The number of thioether (sulfide) groups is 1. The van der Waals surface area contributed by atoms with E-state index in [9.17, 15) is 14.9 Å². The van der Waals surface area contributed by atoms with Gasteiger partial charge in [0.1, 0.15) is 0 Å². The number of benzene rings is 1. The molecule has 0 bridgehead atoms. The highest BCUT2D eigenvalue weighted by molar-refractivity contribution is 7.99. The van der Waals surface area contributed by atoms with E-state index < -0.39 is 4.92 Å². The predicted molar refractivity (Wildman–Crippen MR) is 65.9 cm³/mol. The summed E-state index contributed by atoms with van der Waals surface area (Å²) < 4.78 is 4.76. The Morgan fingerprint density at radius 1 is 1.47 bits per heavy atom. The molecule has 1 rings (SSSR count). The molecule has 0 atom stereocenters.